The first kappa shape index (κ1) is 20.6. The Bertz CT molecular complexity index is 772. The number of benzene rings is 2. The van der Waals surface area contributed by atoms with Crippen LogP contribution in [0, 0.1) is 0 Å². The van der Waals surface area contributed by atoms with Gasteiger partial charge in [-0.15, -0.1) is 0 Å². The van der Waals surface area contributed by atoms with Crippen molar-refractivity contribution in [2.75, 3.05) is 19.6 Å². The van der Waals surface area contributed by atoms with Crippen LogP contribution in [0.15, 0.2) is 59.5 Å². The summed E-state index contributed by atoms with van der Waals surface area (Å²) in [5, 5.41) is 13.5. The van der Waals surface area contributed by atoms with E-state index in [0.717, 1.165) is 11.1 Å². The van der Waals surface area contributed by atoms with Gasteiger partial charge in [0.15, 0.2) is 0 Å². The van der Waals surface area contributed by atoms with Crippen molar-refractivity contribution in [3.05, 3.63) is 65.7 Å². The van der Waals surface area contributed by atoms with Gasteiger partial charge in [-0.05, 0) is 30.2 Å². The van der Waals surface area contributed by atoms with E-state index in [9.17, 15) is 13.5 Å². The Morgan fingerprint density at radius 1 is 0.962 bits per heavy atom. The van der Waals surface area contributed by atoms with Gasteiger partial charge in [-0.1, -0.05) is 56.3 Å². The summed E-state index contributed by atoms with van der Waals surface area (Å²) >= 11 is 0. The molecule has 2 N–H and O–H groups in total. The number of aliphatic hydroxyl groups is 1. The second-order valence-corrected chi connectivity index (χ2v) is 8.15. The second-order valence-electron chi connectivity index (χ2n) is 6.21. The van der Waals surface area contributed by atoms with E-state index in [4.69, 9.17) is 0 Å². The van der Waals surface area contributed by atoms with Crippen molar-refractivity contribution in [3.8, 4) is 0 Å². The lowest BCUT2D eigenvalue weighted by atomic mass is 10.1. The largest absolute Gasteiger partial charge is 0.387 e. The third kappa shape index (κ3) is 4.92. The molecule has 0 radical (unpaired) electrons. The van der Waals surface area contributed by atoms with Crippen molar-refractivity contribution in [2.24, 2.45) is 0 Å². The quantitative estimate of drug-likeness (QED) is 0.706. The number of hydrogen-bond acceptors (Lipinski definition) is 4. The van der Waals surface area contributed by atoms with Crippen LogP contribution in [0.5, 0.6) is 0 Å². The number of nitrogens with zero attached hydrogens (tertiary/aromatic N) is 1. The topological polar surface area (TPSA) is 69.6 Å². The molecule has 26 heavy (non-hydrogen) atoms. The second kappa shape index (κ2) is 9.28. The fourth-order valence-corrected chi connectivity index (χ4v) is 4.30. The van der Waals surface area contributed by atoms with Crippen LogP contribution >= 0.6 is 0 Å². The van der Waals surface area contributed by atoms with Gasteiger partial charge < -0.3 is 10.4 Å². The van der Waals surface area contributed by atoms with Crippen molar-refractivity contribution >= 4 is 10.0 Å². The molecule has 2 aromatic rings. The van der Waals surface area contributed by atoms with Gasteiger partial charge in [0.05, 0.1) is 11.0 Å². The molecule has 0 fully saturated rings. The minimum absolute atomic E-state index is 0.00132. The van der Waals surface area contributed by atoms with Crippen LogP contribution in [0.3, 0.4) is 0 Å². The molecule has 2 atom stereocenters. The molecular weight excluding hydrogens is 348 g/mol. The standard InChI is InChI=1S/C20H28N2O3S/c1-4-22(5-2)26(24,25)19-13-11-17(12-14-19)16(3)21-15-20(23)18-9-7-6-8-10-18/h6-14,16,20-21,23H,4-5,15H2,1-3H3/t16-,20+/m0/s1. The average Bonchev–Trinajstić information content (AvgIpc) is 2.67. The van der Waals surface area contributed by atoms with E-state index in [1.54, 1.807) is 12.1 Å². The molecule has 2 rings (SSSR count). The highest BCUT2D eigenvalue weighted by Gasteiger charge is 2.21. The molecule has 6 heteroatoms. The van der Waals surface area contributed by atoms with Crippen molar-refractivity contribution < 1.29 is 13.5 Å². The predicted octanol–water partition coefficient (Wildman–Crippen LogP) is 3.10. The lowest BCUT2D eigenvalue weighted by molar-refractivity contribution is 0.171. The molecule has 5 nitrogen and oxygen atoms in total. The lowest BCUT2D eigenvalue weighted by Crippen LogP contribution is -2.30. The Morgan fingerprint density at radius 3 is 2.08 bits per heavy atom. The van der Waals surface area contributed by atoms with Gasteiger partial charge >= 0.3 is 0 Å². The zero-order valence-corrected chi connectivity index (χ0v) is 16.4. The molecule has 0 aliphatic rings. The van der Waals surface area contributed by atoms with Crippen LogP contribution in [0.1, 0.15) is 44.0 Å². The van der Waals surface area contributed by atoms with E-state index in [1.165, 1.54) is 4.31 Å². The maximum atomic E-state index is 12.5. The first-order valence-electron chi connectivity index (χ1n) is 8.96. The summed E-state index contributed by atoms with van der Waals surface area (Å²) in [6.45, 7) is 6.99. The fraction of sp³-hybridized carbons (Fsp3) is 0.400. The molecule has 0 amide bonds. The Hall–Kier alpha value is -1.73. The molecule has 0 heterocycles. The van der Waals surface area contributed by atoms with Crippen molar-refractivity contribution in [1.29, 1.82) is 0 Å². The van der Waals surface area contributed by atoms with Crippen LogP contribution in [-0.2, 0) is 10.0 Å². The number of aliphatic hydroxyl groups excluding tert-OH is 1. The maximum absolute atomic E-state index is 12.5. The minimum atomic E-state index is -3.43. The van der Waals surface area contributed by atoms with Crippen LogP contribution < -0.4 is 5.32 Å². The fourth-order valence-electron chi connectivity index (χ4n) is 2.84. The van der Waals surface area contributed by atoms with Gasteiger partial charge in [0.25, 0.3) is 0 Å². The zero-order valence-electron chi connectivity index (χ0n) is 15.6. The van der Waals surface area contributed by atoms with E-state index < -0.39 is 16.1 Å². The van der Waals surface area contributed by atoms with Gasteiger partial charge in [-0.3, -0.25) is 0 Å². The van der Waals surface area contributed by atoms with Gasteiger partial charge in [0.2, 0.25) is 10.0 Å². The molecule has 0 aliphatic heterocycles. The Morgan fingerprint density at radius 2 is 1.54 bits per heavy atom. The summed E-state index contributed by atoms with van der Waals surface area (Å²) in [5.41, 5.74) is 1.84. The third-order valence-electron chi connectivity index (χ3n) is 4.53. The maximum Gasteiger partial charge on any atom is 0.243 e. The molecule has 0 aliphatic carbocycles. The highest BCUT2D eigenvalue weighted by atomic mass is 32.2. The summed E-state index contributed by atoms with van der Waals surface area (Å²) in [6.07, 6.45) is -0.582. The highest BCUT2D eigenvalue weighted by Crippen LogP contribution is 2.20. The SMILES string of the molecule is CCN(CC)S(=O)(=O)c1ccc([C@H](C)NC[C@@H](O)c2ccccc2)cc1. The van der Waals surface area contributed by atoms with Crippen LogP contribution in [-0.4, -0.2) is 37.5 Å². The molecule has 0 saturated heterocycles. The van der Waals surface area contributed by atoms with Crippen molar-refractivity contribution in [1.82, 2.24) is 9.62 Å². The van der Waals surface area contributed by atoms with Crippen molar-refractivity contribution in [3.63, 3.8) is 0 Å². The van der Waals surface area contributed by atoms with Crippen LogP contribution in [0.25, 0.3) is 0 Å². The van der Waals surface area contributed by atoms with Crippen molar-refractivity contribution in [2.45, 2.75) is 37.8 Å². The molecule has 0 aromatic heterocycles. The molecule has 2 aromatic carbocycles. The average molecular weight is 377 g/mol. The first-order valence-corrected chi connectivity index (χ1v) is 10.4. The van der Waals surface area contributed by atoms with Gasteiger partial charge in [0, 0.05) is 25.7 Å². The predicted molar refractivity (Wildman–Crippen MR) is 104 cm³/mol. The third-order valence-corrected chi connectivity index (χ3v) is 6.59. The molecule has 142 valence electrons. The number of rotatable bonds is 9. The molecular formula is C20H28N2O3S. The number of sulfonamides is 1. The molecule has 0 spiro atoms. The smallest absolute Gasteiger partial charge is 0.243 e. The van der Waals surface area contributed by atoms with Crippen LogP contribution in [0.2, 0.25) is 0 Å². The van der Waals surface area contributed by atoms with Crippen LogP contribution in [0.4, 0.5) is 0 Å². The van der Waals surface area contributed by atoms with Gasteiger partial charge in [-0.2, -0.15) is 4.31 Å². The normalized spacial score (nSPS) is 14.3. The zero-order chi connectivity index (χ0) is 19.2. The molecule has 0 saturated carbocycles. The first-order chi connectivity index (χ1) is 12.4. The summed E-state index contributed by atoms with van der Waals surface area (Å²) in [6, 6.07) is 16.4. The highest BCUT2D eigenvalue weighted by molar-refractivity contribution is 7.89. The van der Waals surface area contributed by atoms with E-state index >= 15 is 0 Å². The summed E-state index contributed by atoms with van der Waals surface area (Å²) < 4.78 is 26.5. The van der Waals surface area contributed by atoms with Gasteiger partial charge in [0.1, 0.15) is 0 Å². The van der Waals surface area contributed by atoms with E-state index in [2.05, 4.69) is 5.32 Å². The summed E-state index contributed by atoms with van der Waals surface area (Å²) in [5.74, 6) is 0. The minimum Gasteiger partial charge on any atom is -0.387 e. The molecule has 0 unspecified atom stereocenters. The Labute approximate surface area is 156 Å². The molecule has 0 bridgehead atoms. The Balaban J connectivity index is 2.01. The number of hydrogen-bond donors (Lipinski definition) is 2. The summed E-state index contributed by atoms with van der Waals surface area (Å²) in [7, 11) is -3.43. The summed E-state index contributed by atoms with van der Waals surface area (Å²) in [4.78, 5) is 0.307. The monoisotopic (exact) mass is 376 g/mol. The lowest BCUT2D eigenvalue weighted by Gasteiger charge is -2.20. The van der Waals surface area contributed by atoms with E-state index in [1.807, 2.05) is 63.2 Å². The van der Waals surface area contributed by atoms with E-state index in [0.29, 0.717) is 24.5 Å². The van der Waals surface area contributed by atoms with E-state index in [-0.39, 0.29) is 6.04 Å². The van der Waals surface area contributed by atoms with Gasteiger partial charge in [-0.25, -0.2) is 8.42 Å². The Kier molecular flexibility index (Phi) is 7.34. The number of nitrogens with one attached hydrogen (secondary N) is 1.